The van der Waals surface area contributed by atoms with E-state index in [4.69, 9.17) is 26.8 Å². The predicted molar refractivity (Wildman–Crippen MR) is 130 cm³/mol. The van der Waals surface area contributed by atoms with E-state index in [1.807, 2.05) is 54.6 Å². The van der Waals surface area contributed by atoms with Crippen molar-refractivity contribution in [1.29, 1.82) is 0 Å². The Labute approximate surface area is 194 Å². The molecule has 0 bridgehead atoms. The molecule has 1 fully saturated rings. The first-order chi connectivity index (χ1) is 15.3. The standard InChI is InChI=1S/C26H28O3S2/c30-26-25(29-18-22-14-8-3-9-15-22)24(28-17-21-12-6-2-7-13-21)23(31-26)19-27-16-20-10-4-1-5-11-20/h1-15,23-26,30H,16-19H2/t23-,24-,25+,26?/m1/s1. The van der Waals surface area contributed by atoms with Crippen molar-refractivity contribution in [1.82, 2.24) is 0 Å². The van der Waals surface area contributed by atoms with E-state index in [1.54, 1.807) is 11.8 Å². The average molecular weight is 453 g/mol. The molecule has 1 unspecified atom stereocenters. The molecule has 0 amide bonds. The van der Waals surface area contributed by atoms with Gasteiger partial charge in [-0.3, -0.25) is 0 Å². The first-order valence-electron chi connectivity index (χ1n) is 10.6. The zero-order chi connectivity index (χ0) is 21.3. The number of rotatable bonds is 10. The van der Waals surface area contributed by atoms with Crippen molar-refractivity contribution in [3.05, 3.63) is 108 Å². The van der Waals surface area contributed by atoms with Crippen molar-refractivity contribution in [2.45, 2.75) is 41.9 Å². The maximum atomic E-state index is 6.40. The molecule has 1 aliphatic rings. The van der Waals surface area contributed by atoms with Gasteiger partial charge in [0.1, 0.15) is 12.2 Å². The van der Waals surface area contributed by atoms with Gasteiger partial charge in [0, 0.05) is 0 Å². The highest BCUT2D eigenvalue weighted by atomic mass is 32.2. The SMILES string of the molecule is SC1S[C@H](COCc2ccccc2)[C@@H](OCc2ccccc2)[C@@H]1OCc1ccccc1. The van der Waals surface area contributed by atoms with E-state index >= 15 is 0 Å². The fraction of sp³-hybridized carbons (Fsp3) is 0.308. The van der Waals surface area contributed by atoms with Crippen LogP contribution in [-0.2, 0) is 34.0 Å². The van der Waals surface area contributed by atoms with E-state index in [1.165, 1.54) is 5.56 Å². The maximum Gasteiger partial charge on any atom is 0.106 e. The molecule has 0 spiro atoms. The van der Waals surface area contributed by atoms with E-state index in [-0.39, 0.29) is 22.0 Å². The summed E-state index contributed by atoms with van der Waals surface area (Å²) in [7, 11) is 0. The van der Waals surface area contributed by atoms with Crippen LogP contribution in [0.5, 0.6) is 0 Å². The maximum absolute atomic E-state index is 6.40. The second-order valence-electron chi connectivity index (χ2n) is 7.59. The van der Waals surface area contributed by atoms with Crippen LogP contribution in [0.1, 0.15) is 16.7 Å². The Hall–Kier alpha value is -1.76. The van der Waals surface area contributed by atoms with Crippen molar-refractivity contribution < 1.29 is 14.2 Å². The summed E-state index contributed by atoms with van der Waals surface area (Å²) in [6, 6.07) is 30.7. The summed E-state index contributed by atoms with van der Waals surface area (Å²) in [6.45, 7) is 2.29. The number of hydrogen-bond donors (Lipinski definition) is 1. The van der Waals surface area contributed by atoms with Crippen LogP contribution >= 0.6 is 24.4 Å². The summed E-state index contributed by atoms with van der Waals surface area (Å²) in [5, 5.41) is 0.163. The summed E-state index contributed by atoms with van der Waals surface area (Å²) in [4.78, 5) is 0. The molecule has 31 heavy (non-hydrogen) atoms. The van der Waals surface area contributed by atoms with Gasteiger partial charge in [-0.15, -0.1) is 11.8 Å². The largest absolute Gasteiger partial charge is 0.376 e. The molecular formula is C26H28O3S2. The van der Waals surface area contributed by atoms with Gasteiger partial charge >= 0.3 is 0 Å². The molecule has 0 N–H and O–H groups in total. The van der Waals surface area contributed by atoms with Gasteiger partial charge < -0.3 is 14.2 Å². The average Bonchev–Trinajstić information content (AvgIpc) is 3.12. The lowest BCUT2D eigenvalue weighted by Gasteiger charge is -2.25. The van der Waals surface area contributed by atoms with E-state index < -0.39 is 0 Å². The highest BCUT2D eigenvalue weighted by Gasteiger charge is 2.44. The summed E-state index contributed by atoms with van der Waals surface area (Å²) in [5.74, 6) is 0. The molecule has 4 rings (SSSR count). The van der Waals surface area contributed by atoms with Crippen LogP contribution in [0.4, 0.5) is 0 Å². The Kier molecular flexibility index (Phi) is 8.50. The first-order valence-corrected chi connectivity index (χ1v) is 12.0. The van der Waals surface area contributed by atoms with Crippen LogP contribution < -0.4 is 0 Å². The smallest absolute Gasteiger partial charge is 0.106 e. The fourth-order valence-corrected chi connectivity index (χ4v) is 5.66. The van der Waals surface area contributed by atoms with Crippen LogP contribution in [0.3, 0.4) is 0 Å². The molecule has 1 saturated heterocycles. The van der Waals surface area contributed by atoms with Crippen molar-refractivity contribution in [3.63, 3.8) is 0 Å². The third-order valence-electron chi connectivity index (χ3n) is 5.25. The van der Waals surface area contributed by atoms with Crippen LogP contribution in [0.25, 0.3) is 0 Å². The monoisotopic (exact) mass is 452 g/mol. The molecule has 3 aromatic carbocycles. The lowest BCUT2D eigenvalue weighted by Crippen LogP contribution is -2.38. The van der Waals surface area contributed by atoms with E-state index in [0.717, 1.165) is 11.1 Å². The molecule has 4 atom stereocenters. The Morgan fingerprint density at radius 2 is 1.06 bits per heavy atom. The highest BCUT2D eigenvalue weighted by Crippen LogP contribution is 2.41. The molecule has 3 nitrogen and oxygen atoms in total. The Morgan fingerprint density at radius 3 is 1.58 bits per heavy atom. The van der Waals surface area contributed by atoms with Gasteiger partial charge in [-0.25, -0.2) is 0 Å². The van der Waals surface area contributed by atoms with Gasteiger partial charge in [0.2, 0.25) is 0 Å². The molecule has 3 aromatic rings. The Bertz CT molecular complexity index is 892. The van der Waals surface area contributed by atoms with Gasteiger partial charge in [0.25, 0.3) is 0 Å². The molecule has 1 heterocycles. The van der Waals surface area contributed by atoms with E-state index in [9.17, 15) is 0 Å². The molecule has 0 saturated carbocycles. The summed E-state index contributed by atoms with van der Waals surface area (Å²) >= 11 is 6.60. The highest BCUT2D eigenvalue weighted by molar-refractivity contribution is 8.11. The Balaban J connectivity index is 1.39. The minimum absolute atomic E-state index is 0.0369. The molecule has 162 valence electrons. The zero-order valence-electron chi connectivity index (χ0n) is 17.4. The molecule has 0 radical (unpaired) electrons. The second kappa shape index (κ2) is 11.7. The van der Waals surface area contributed by atoms with E-state index in [0.29, 0.717) is 26.4 Å². The minimum atomic E-state index is -0.109. The molecule has 5 heteroatoms. The number of thioether (sulfide) groups is 1. The number of thiol groups is 1. The molecular weight excluding hydrogens is 424 g/mol. The van der Waals surface area contributed by atoms with Crippen molar-refractivity contribution in [2.75, 3.05) is 6.61 Å². The number of benzene rings is 3. The second-order valence-corrected chi connectivity index (χ2v) is 9.88. The molecule has 0 aliphatic carbocycles. The predicted octanol–water partition coefficient (Wildman–Crippen LogP) is 5.75. The summed E-state index contributed by atoms with van der Waals surface area (Å²) in [6.07, 6.45) is -0.199. The normalized spacial score (nSPS) is 23.1. The first kappa shape index (κ1) is 22.4. The van der Waals surface area contributed by atoms with Crippen molar-refractivity contribution >= 4 is 24.4 Å². The summed E-state index contributed by atoms with van der Waals surface area (Å²) in [5.41, 5.74) is 3.48. The minimum Gasteiger partial charge on any atom is -0.376 e. The fourth-order valence-electron chi connectivity index (χ4n) is 3.62. The Morgan fingerprint density at radius 1 is 0.613 bits per heavy atom. The molecule has 1 aliphatic heterocycles. The lowest BCUT2D eigenvalue weighted by atomic mass is 10.1. The number of hydrogen-bond acceptors (Lipinski definition) is 5. The van der Waals surface area contributed by atoms with Crippen LogP contribution in [0.2, 0.25) is 0 Å². The van der Waals surface area contributed by atoms with Crippen molar-refractivity contribution in [2.24, 2.45) is 0 Å². The van der Waals surface area contributed by atoms with Crippen LogP contribution in [0.15, 0.2) is 91.0 Å². The summed E-state index contributed by atoms with van der Waals surface area (Å²) < 4.78 is 18.8. The van der Waals surface area contributed by atoms with Crippen LogP contribution in [0, 0.1) is 0 Å². The van der Waals surface area contributed by atoms with Gasteiger partial charge in [-0.05, 0) is 16.7 Å². The van der Waals surface area contributed by atoms with Crippen molar-refractivity contribution in [3.8, 4) is 0 Å². The molecule has 0 aromatic heterocycles. The van der Waals surface area contributed by atoms with Gasteiger partial charge in [0.15, 0.2) is 0 Å². The topological polar surface area (TPSA) is 27.7 Å². The van der Waals surface area contributed by atoms with Crippen LogP contribution in [-0.4, -0.2) is 28.6 Å². The third kappa shape index (κ3) is 6.61. The van der Waals surface area contributed by atoms with Gasteiger partial charge in [0.05, 0.1) is 36.3 Å². The number of ether oxygens (including phenoxy) is 3. The van der Waals surface area contributed by atoms with Gasteiger partial charge in [-0.1, -0.05) is 91.0 Å². The zero-order valence-corrected chi connectivity index (χ0v) is 19.1. The van der Waals surface area contributed by atoms with Gasteiger partial charge in [-0.2, -0.15) is 12.6 Å². The lowest BCUT2D eigenvalue weighted by molar-refractivity contribution is -0.0792. The van der Waals surface area contributed by atoms with E-state index in [2.05, 4.69) is 36.4 Å². The quantitative estimate of drug-likeness (QED) is 0.397. The third-order valence-corrected chi connectivity index (χ3v) is 7.21.